The van der Waals surface area contributed by atoms with E-state index in [0.717, 1.165) is 6.42 Å². The lowest BCUT2D eigenvalue weighted by molar-refractivity contribution is 0.400. The van der Waals surface area contributed by atoms with Gasteiger partial charge in [0.1, 0.15) is 0 Å². The number of ether oxygens (including phenoxy) is 1. The van der Waals surface area contributed by atoms with Crippen LogP contribution in [0.25, 0.3) is 0 Å². The van der Waals surface area contributed by atoms with E-state index in [1.54, 1.807) is 12.5 Å². The SMILES string of the molecule is C/C=C\O/C=C\CC. The first-order valence-electron chi connectivity index (χ1n) is 2.83. The van der Waals surface area contributed by atoms with Gasteiger partial charge in [-0.15, -0.1) is 0 Å². The lowest BCUT2D eigenvalue weighted by atomic mass is 10.5. The molecule has 0 aliphatic rings. The Kier molecular flexibility index (Phi) is 5.71. The summed E-state index contributed by atoms with van der Waals surface area (Å²) in [4.78, 5) is 0. The first-order valence-corrected chi connectivity index (χ1v) is 2.83. The third-order valence-electron chi connectivity index (χ3n) is 0.625. The van der Waals surface area contributed by atoms with Gasteiger partial charge < -0.3 is 4.74 Å². The Morgan fingerprint density at radius 2 is 2.12 bits per heavy atom. The lowest BCUT2D eigenvalue weighted by Crippen LogP contribution is -1.62. The predicted molar refractivity (Wildman–Crippen MR) is 35.3 cm³/mol. The van der Waals surface area contributed by atoms with Gasteiger partial charge >= 0.3 is 0 Å². The molecule has 0 aromatic rings. The molecule has 0 aliphatic carbocycles. The van der Waals surface area contributed by atoms with Gasteiger partial charge in [0.2, 0.25) is 0 Å². The number of hydrogen-bond acceptors (Lipinski definition) is 1. The summed E-state index contributed by atoms with van der Waals surface area (Å²) in [6.07, 6.45) is 8.16. The first-order chi connectivity index (χ1) is 3.91. The largest absolute Gasteiger partial charge is 0.473 e. The molecule has 0 saturated heterocycles. The lowest BCUT2D eigenvalue weighted by Gasteiger charge is -1.84. The maximum Gasteiger partial charge on any atom is 0.0861 e. The summed E-state index contributed by atoms with van der Waals surface area (Å²) in [5, 5.41) is 0. The molecule has 8 heavy (non-hydrogen) atoms. The third kappa shape index (κ3) is 5.28. The second-order valence-corrected chi connectivity index (χ2v) is 1.39. The fraction of sp³-hybridized carbons (Fsp3) is 0.429. The molecule has 0 atom stereocenters. The van der Waals surface area contributed by atoms with Crippen molar-refractivity contribution in [1.82, 2.24) is 0 Å². The zero-order valence-corrected chi connectivity index (χ0v) is 5.42. The average molecular weight is 112 g/mol. The zero-order valence-electron chi connectivity index (χ0n) is 5.42. The van der Waals surface area contributed by atoms with Crippen LogP contribution in [-0.2, 0) is 4.74 Å². The molecular formula is C7H12O. The van der Waals surface area contributed by atoms with Crippen LogP contribution in [0.3, 0.4) is 0 Å². The average Bonchev–Trinajstić information content (AvgIpc) is 1.81. The molecule has 1 heteroatoms. The van der Waals surface area contributed by atoms with Crippen molar-refractivity contribution in [1.29, 1.82) is 0 Å². The molecule has 0 rings (SSSR count). The molecule has 0 radical (unpaired) electrons. The maximum atomic E-state index is 4.86. The van der Waals surface area contributed by atoms with Gasteiger partial charge in [-0.25, -0.2) is 0 Å². The molecule has 0 bridgehead atoms. The normalized spacial score (nSPS) is 11.2. The summed E-state index contributed by atoms with van der Waals surface area (Å²) < 4.78 is 4.86. The summed E-state index contributed by atoms with van der Waals surface area (Å²) in [5.74, 6) is 0. The van der Waals surface area contributed by atoms with Crippen LogP contribution in [0.4, 0.5) is 0 Å². The van der Waals surface area contributed by atoms with Crippen molar-refractivity contribution in [3.63, 3.8) is 0 Å². The van der Waals surface area contributed by atoms with Crippen LogP contribution >= 0.6 is 0 Å². The topological polar surface area (TPSA) is 9.23 Å². The molecule has 0 fully saturated rings. The Balaban J connectivity index is 3.03. The van der Waals surface area contributed by atoms with Crippen LogP contribution in [0.2, 0.25) is 0 Å². The Bertz CT molecular complexity index is 82.4. The Morgan fingerprint density at radius 3 is 2.62 bits per heavy atom. The molecule has 0 spiro atoms. The Morgan fingerprint density at radius 1 is 1.38 bits per heavy atom. The van der Waals surface area contributed by atoms with Crippen molar-refractivity contribution in [2.45, 2.75) is 20.3 Å². The van der Waals surface area contributed by atoms with Gasteiger partial charge in [-0.1, -0.05) is 13.0 Å². The fourth-order valence-electron chi connectivity index (χ4n) is 0.276. The molecule has 1 nitrogen and oxygen atoms in total. The second kappa shape index (κ2) is 6.28. The van der Waals surface area contributed by atoms with Gasteiger partial charge in [0.25, 0.3) is 0 Å². The Labute approximate surface area is 50.7 Å². The van der Waals surface area contributed by atoms with Crippen molar-refractivity contribution in [2.75, 3.05) is 0 Å². The predicted octanol–water partition coefficient (Wildman–Crippen LogP) is 2.46. The standard InChI is InChI=1S/C7H12O/c1-3-5-7-8-6-4-2/h4-7H,3H2,1-2H3/b6-4-,7-5-. The van der Waals surface area contributed by atoms with E-state index in [1.807, 2.05) is 19.1 Å². The summed E-state index contributed by atoms with van der Waals surface area (Å²) >= 11 is 0. The van der Waals surface area contributed by atoms with E-state index in [2.05, 4.69) is 6.92 Å². The summed E-state index contributed by atoms with van der Waals surface area (Å²) in [6, 6.07) is 0. The van der Waals surface area contributed by atoms with Crippen LogP contribution in [-0.4, -0.2) is 0 Å². The smallest absolute Gasteiger partial charge is 0.0861 e. The van der Waals surface area contributed by atoms with Gasteiger partial charge in [0.15, 0.2) is 0 Å². The van der Waals surface area contributed by atoms with E-state index in [9.17, 15) is 0 Å². The number of hydrogen-bond donors (Lipinski definition) is 0. The summed E-state index contributed by atoms with van der Waals surface area (Å²) in [5.41, 5.74) is 0. The van der Waals surface area contributed by atoms with Crippen LogP contribution in [0.5, 0.6) is 0 Å². The molecule has 0 saturated carbocycles. The molecule has 0 aliphatic heterocycles. The van der Waals surface area contributed by atoms with Crippen molar-refractivity contribution in [2.24, 2.45) is 0 Å². The van der Waals surface area contributed by atoms with Gasteiger partial charge in [-0.2, -0.15) is 0 Å². The second-order valence-electron chi connectivity index (χ2n) is 1.39. The van der Waals surface area contributed by atoms with Crippen molar-refractivity contribution in [3.8, 4) is 0 Å². The minimum absolute atomic E-state index is 1.03. The van der Waals surface area contributed by atoms with E-state index >= 15 is 0 Å². The van der Waals surface area contributed by atoms with Crippen LogP contribution in [0.1, 0.15) is 20.3 Å². The van der Waals surface area contributed by atoms with Gasteiger partial charge in [-0.05, 0) is 19.4 Å². The molecular weight excluding hydrogens is 100 g/mol. The summed E-state index contributed by atoms with van der Waals surface area (Å²) in [6.45, 7) is 3.98. The van der Waals surface area contributed by atoms with E-state index in [1.165, 1.54) is 0 Å². The van der Waals surface area contributed by atoms with E-state index in [-0.39, 0.29) is 0 Å². The van der Waals surface area contributed by atoms with Crippen molar-refractivity contribution in [3.05, 3.63) is 24.7 Å². The van der Waals surface area contributed by atoms with Gasteiger partial charge in [0.05, 0.1) is 12.5 Å². The van der Waals surface area contributed by atoms with Crippen LogP contribution < -0.4 is 0 Å². The highest BCUT2D eigenvalue weighted by molar-refractivity contribution is 4.75. The number of allylic oxidation sites excluding steroid dienone is 2. The van der Waals surface area contributed by atoms with Crippen molar-refractivity contribution >= 4 is 0 Å². The highest BCUT2D eigenvalue weighted by Gasteiger charge is 1.63. The zero-order chi connectivity index (χ0) is 6.24. The molecule has 0 aromatic heterocycles. The van der Waals surface area contributed by atoms with E-state index < -0.39 is 0 Å². The van der Waals surface area contributed by atoms with Crippen LogP contribution in [0.15, 0.2) is 24.7 Å². The molecule has 0 heterocycles. The van der Waals surface area contributed by atoms with E-state index in [4.69, 9.17) is 4.74 Å². The van der Waals surface area contributed by atoms with Gasteiger partial charge in [0, 0.05) is 0 Å². The summed E-state index contributed by atoms with van der Waals surface area (Å²) in [7, 11) is 0. The molecule has 0 unspecified atom stereocenters. The van der Waals surface area contributed by atoms with Crippen LogP contribution in [0, 0.1) is 0 Å². The minimum atomic E-state index is 1.03. The molecule has 0 amide bonds. The highest BCUT2D eigenvalue weighted by Crippen LogP contribution is 1.82. The maximum absolute atomic E-state index is 4.86. The molecule has 46 valence electrons. The number of rotatable bonds is 3. The first kappa shape index (κ1) is 7.28. The molecule has 0 N–H and O–H groups in total. The Hall–Kier alpha value is -0.720. The quantitative estimate of drug-likeness (QED) is 0.509. The minimum Gasteiger partial charge on any atom is -0.473 e. The highest BCUT2D eigenvalue weighted by atomic mass is 16.5. The molecule has 0 aromatic carbocycles. The third-order valence-corrected chi connectivity index (χ3v) is 0.625. The van der Waals surface area contributed by atoms with Gasteiger partial charge in [-0.3, -0.25) is 0 Å². The monoisotopic (exact) mass is 112 g/mol. The van der Waals surface area contributed by atoms with E-state index in [0.29, 0.717) is 0 Å². The fourth-order valence-corrected chi connectivity index (χ4v) is 0.276. The van der Waals surface area contributed by atoms with Crippen molar-refractivity contribution < 1.29 is 4.74 Å².